The van der Waals surface area contributed by atoms with Crippen molar-refractivity contribution in [3.63, 3.8) is 0 Å². The molecule has 1 atom stereocenters. The zero-order valence-electron chi connectivity index (χ0n) is 9.92. The summed E-state index contributed by atoms with van der Waals surface area (Å²) >= 11 is 0. The molecular formula is C13H21NO. The highest BCUT2D eigenvalue weighted by atomic mass is 16.5. The number of benzene rings is 1. The monoisotopic (exact) mass is 207 g/mol. The Morgan fingerprint density at radius 2 is 2.13 bits per heavy atom. The van der Waals surface area contributed by atoms with Crippen molar-refractivity contribution in [3.05, 3.63) is 29.3 Å². The van der Waals surface area contributed by atoms with Gasteiger partial charge in [0.15, 0.2) is 0 Å². The number of nitrogens with two attached hydrogens (primary N) is 1. The van der Waals surface area contributed by atoms with Gasteiger partial charge in [-0.05, 0) is 31.9 Å². The Balaban J connectivity index is 2.77. The highest BCUT2D eigenvalue weighted by Gasteiger charge is 2.07. The fourth-order valence-corrected chi connectivity index (χ4v) is 1.62. The van der Waals surface area contributed by atoms with Crippen molar-refractivity contribution in [2.45, 2.75) is 46.3 Å². The highest BCUT2D eigenvalue weighted by Crippen LogP contribution is 2.21. The molecule has 15 heavy (non-hydrogen) atoms. The first-order valence-electron chi connectivity index (χ1n) is 5.63. The van der Waals surface area contributed by atoms with E-state index in [4.69, 9.17) is 10.5 Å². The first-order chi connectivity index (χ1) is 7.17. The summed E-state index contributed by atoms with van der Waals surface area (Å²) in [5.41, 5.74) is 7.97. The van der Waals surface area contributed by atoms with E-state index >= 15 is 0 Å². The van der Waals surface area contributed by atoms with Crippen molar-refractivity contribution in [2.24, 2.45) is 5.73 Å². The van der Waals surface area contributed by atoms with Crippen molar-refractivity contribution in [2.75, 3.05) is 0 Å². The van der Waals surface area contributed by atoms with Crippen molar-refractivity contribution in [1.29, 1.82) is 0 Å². The minimum absolute atomic E-state index is 0.266. The Bertz CT molecular complexity index is 309. The van der Waals surface area contributed by atoms with Gasteiger partial charge in [-0.25, -0.2) is 0 Å². The van der Waals surface area contributed by atoms with E-state index in [-0.39, 0.29) is 6.10 Å². The number of hydrogen-bond acceptors (Lipinski definition) is 2. The molecule has 0 aromatic heterocycles. The Hall–Kier alpha value is -1.02. The zero-order chi connectivity index (χ0) is 11.3. The van der Waals surface area contributed by atoms with Crippen LogP contribution >= 0.6 is 0 Å². The zero-order valence-corrected chi connectivity index (χ0v) is 9.92. The number of hydrogen-bond donors (Lipinski definition) is 1. The second kappa shape index (κ2) is 5.76. The normalized spacial score (nSPS) is 12.5. The van der Waals surface area contributed by atoms with Gasteiger partial charge in [0.05, 0.1) is 6.10 Å². The number of rotatable bonds is 5. The average Bonchev–Trinajstić information content (AvgIpc) is 2.18. The quantitative estimate of drug-likeness (QED) is 0.805. The molecule has 1 aromatic carbocycles. The summed E-state index contributed by atoms with van der Waals surface area (Å²) in [5, 5.41) is 0. The van der Waals surface area contributed by atoms with E-state index in [0.29, 0.717) is 6.54 Å². The van der Waals surface area contributed by atoms with Gasteiger partial charge in [0.25, 0.3) is 0 Å². The van der Waals surface area contributed by atoms with Crippen molar-refractivity contribution in [1.82, 2.24) is 0 Å². The third kappa shape index (κ3) is 3.56. The summed E-state index contributed by atoms with van der Waals surface area (Å²) in [7, 11) is 0. The molecule has 84 valence electrons. The SMILES string of the molecule is CCCC(C)Oc1cc(C)ccc1CN. The molecular weight excluding hydrogens is 186 g/mol. The smallest absolute Gasteiger partial charge is 0.124 e. The fourth-order valence-electron chi connectivity index (χ4n) is 1.62. The molecule has 0 aliphatic heterocycles. The third-order valence-electron chi connectivity index (χ3n) is 2.47. The molecule has 0 amide bonds. The molecule has 0 fully saturated rings. The van der Waals surface area contributed by atoms with Crippen LogP contribution in [0.1, 0.15) is 37.8 Å². The van der Waals surface area contributed by atoms with Gasteiger partial charge in [-0.1, -0.05) is 25.5 Å². The van der Waals surface area contributed by atoms with Crippen LogP contribution in [0.4, 0.5) is 0 Å². The van der Waals surface area contributed by atoms with Crippen LogP contribution in [0, 0.1) is 6.92 Å². The van der Waals surface area contributed by atoms with E-state index in [2.05, 4.69) is 32.9 Å². The lowest BCUT2D eigenvalue weighted by atomic mass is 10.1. The molecule has 0 heterocycles. The fraction of sp³-hybridized carbons (Fsp3) is 0.538. The van der Waals surface area contributed by atoms with E-state index in [9.17, 15) is 0 Å². The molecule has 2 N–H and O–H groups in total. The van der Waals surface area contributed by atoms with E-state index in [1.54, 1.807) is 0 Å². The van der Waals surface area contributed by atoms with Gasteiger partial charge in [-0.15, -0.1) is 0 Å². The predicted molar refractivity (Wildman–Crippen MR) is 64.1 cm³/mol. The van der Waals surface area contributed by atoms with Crippen molar-refractivity contribution >= 4 is 0 Å². The van der Waals surface area contributed by atoms with Gasteiger partial charge in [0, 0.05) is 12.1 Å². The van der Waals surface area contributed by atoms with Crippen LogP contribution in [-0.4, -0.2) is 6.10 Å². The van der Waals surface area contributed by atoms with Crippen LogP contribution in [0.2, 0.25) is 0 Å². The standard InChI is InChI=1S/C13H21NO/c1-4-5-11(3)15-13-8-10(2)6-7-12(13)9-14/h6-8,11H,4-5,9,14H2,1-3H3. The summed E-state index contributed by atoms with van der Waals surface area (Å²) in [4.78, 5) is 0. The van der Waals surface area contributed by atoms with Crippen molar-refractivity contribution in [3.8, 4) is 5.75 Å². The maximum Gasteiger partial charge on any atom is 0.124 e. The first kappa shape index (κ1) is 12.1. The van der Waals surface area contributed by atoms with Crippen LogP contribution in [0.25, 0.3) is 0 Å². The topological polar surface area (TPSA) is 35.2 Å². The van der Waals surface area contributed by atoms with E-state index in [0.717, 1.165) is 24.2 Å². The number of ether oxygens (including phenoxy) is 1. The van der Waals surface area contributed by atoms with Crippen molar-refractivity contribution < 1.29 is 4.74 Å². The minimum atomic E-state index is 0.266. The Morgan fingerprint density at radius 3 is 2.73 bits per heavy atom. The van der Waals surface area contributed by atoms with Gasteiger partial charge in [-0.3, -0.25) is 0 Å². The largest absolute Gasteiger partial charge is 0.490 e. The predicted octanol–water partition coefficient (Wildman–Crippen LogP) is 3.02. The van der Waals surface area contributed by atoms with Crippen LogP contribution in [0.15, 0.2) is 18.2 Å². The summed E-state index contributed by atoms with van der Waals surface area (Å²) in [6, 6.07) is 6.18. The third-order valence-corrected chi connectivity index (χ3v) is 2.47. The second-order valence-electron chi connectivity index (χ2n) is 4.03. The molecule has 0 aliphatic carbocycles. The van der Waals surface area contributed by atoms with E-state index in [1.165, 1.54) is 5.56 Å². The van der Waals surface area contributed by atoms with E-state index in [1.807, 2.05) is 6.07 Å². The van der Waals surface area contributed by atoms with Crippen LogP contribution in [-0.2, 0) is 6.54 Å². The molecule has 2 nitrogen and oxygen atoms in total. The lowest BCUT2D eigenvalue weighted by Crippen LogP contribution is -2.13. The summed E-state index contributed by atoms with van der Waals surface area (Å²) in [5.74, 6) is 0.943. The van der Waals surface area contributed by atoms with Gasteiger partial charge in [-0.2, -0.15) is 0 Å². The molecule has 0 spiro atoms. The summed E-state index contributed by atoms with van der Waals surface area (Å²) in [6.45, 7) is 6.87. The second-order valence-corrected chi connectivity index (χ2v) is 4.03. The van der Waals surface area contributed by atoms with Gasteiger partial charge < -0.3 is 10.5 Å². The molecule has 0 saturated heterocycles. The van der Waals surface area contributed by atoms with Gasteiger partial charge in [0.1, 0.15) is 5.75 Å². The summed E-state index contributed by atoms with van der Waals surface area (Å²) in [6.07, 6.45) is 2.49. The molecule has 0 saturated carbocycles. The Kier molecular flexibility index (Phi) is 4.63. The molecule has 1 rings (SSSR count). The highest BCUT2D eigenvalue weighted by molar-refractivity contribution is 5.37. The molecule has 0 aliphatic rings. The van der Waals surface area contributed by atoms with Crippen LogP contribution < -0.4 is 10.5 Å². The minimum Gasteiger partial charge on any atom is -0.490 e. The molecule has 1 unspecified atom stereocenters. The Labute approximate surface area is 92.4 Å². The van der Waals surface area contributed by atoms with Gasteiger partial charge in [0.2, 0.25) is 0 Å². The Morgan fingerprint density at radius 1 is 1.40 bits per heavy atom. The average molecular weight is 207 g/mol. The molecule has 0 bridgehead atoms. The molecule has 1 aromatic rings. The first-order valence-corrected chi connectivity index (χ1v) is 5.63. The lowest BCUT2D eigenvalue weighted by Gasteiger charge is -2.16. The molecule has 0 radical (unpaired) electrons. The van der Waals surface area contributed by atoms with Gasteiger partial charge >= 0.3 is 0 Å². The van der Waals surface area contributed by atoms with Crippen LogP contribution in [0.3, 0.4) is 0 Å². The molecule has 2 heteroatoms. The maximum absolute atomic E-state index is 5.88. The maximum atomic E-state index is 5.88. The lowest BCUT2D eigenvalue weighted by molar-refractivity contribution is 0.208. The summed E-state index contributed by atoms with van der Waals surface area (Å²) < 4.78 is 5.88. The van der Waals surface area contributed by atoms with E-state index < -0.39 is 0 Å². The van der Waals surface area contributed by atoms with Crippen LogP contribution in [0.5, 0.6) is 5.75 Å². The number of aryl methyl sites for hydroxylation is 1.